The molecule has 3 aromatic rings. The van der Waals surface area contributed by atoms with E-state index in [1.54, 1.807) is 18.0 Å². The number of anilines is 1. The summed E-state index contributed by atoms with van der Waals surface area (Å²) < 4.78 is 6.82. The second-order valence-electron chi connectivity index (χ2n) is 5.12. The van der Waals surface area contributed by atoms with Crippen LogP contribution in [0.1, 0.15) is 5.56 Å². The number of carbonyl (C=O) groups is 1. The van der Waals surface area contributed by atoms with Crippen LogP contribution in [0.25, 0.3) is 5.69 Å². The number of hydrogen-bond acceptors (Lipinski definition) is 3. The maximum Gasteiger partial charge on any atom is 0.319 e. The Kier molecular flexibility index (Phi) is 4.76. The molecule has 0 saturated heterocycles. The first-order valence-corrected chi connectivity index (χ1v) is 7.53. The lowest BCUT2D eigenvalue weighted by atomic mass is 10.2. The zero-order chi connectivity index (χ0) is 16.8. The second-order valence-corrected chi connectivity index (χ2v) is 5.12. The predicted molar refractivity (Wildman–Crippen MR) is 92.4 cm³/mol. The monoisotopic (exact) mass is 322 g/mol. The molecule has 24 heavy (non-hydrogen) atoms. The number of hydrogen-bond donors (Lipinski definition) is 2. The Bertz CT molecular complexity index is 798. The zero-order valence-corrected chi connectivity index (χ0v) is 13.3. The maximum atomic E-state index is 12.2. The molecule has 122 valence electrons. The standard InChI is InChI=1S/C18H18N4O2/c1-24-15-9-7-14(8-10-15)13-19-18(23)21-16-5-2-3-6-17(16)22-12-4-11-20-22/h2-12H,13H2,1H3,(H2,19,21,23). The number of urea groups is 1. The molecular formula is C18H18N4O2. The van der Waals surface area contributed by atoms with E-state index in [1.165, 1.54) is 0 Å². The summed E-state index contributed by atoms with van der Waals surface area (Å²) in [6.07, 6.45) is 3.52. The van der Waals surface area contributed by atoms with Crippen molar-refractivity contribution in [1.82, 2.24) is 15.1 Å². The Labute approximate surface area is 140 Å². The molecule has 1 heterocycles. The predicted octanol–water partition coefficient (Wildman–Crippen LogP) is 3.20. The van der Waals surface area contributed by atoms with Gasteiger partial charge in [0.05, 0.1) is 18.5 Å². The molecule has 0 saturated carbocycles. The lowest BCUT2D eigenvalue weighted by Crippen LogP contribution is -2.28. The molecule has 3 rings (SSSR count). The molecule has 6 heteroatoms. The third-order valence-corrected chi connectivity index (χ3v) is 3.52. The van der Waals surface area contributed by atoms with Crippen LogP contribution in [0.4, 0.5) is 10.5 Å². The molecule has 0 spiro atoms. The van der Waals surface area contributed by atoms with Crippen molar-refractivity contribution in [3.05, 3.63) is 72.6 Å². The highest BCUT2D eigenvalue weighted by Gasteiger charge is 2.08. The van der Waals surface area contributed by atoms with Crippen LogP contribution in [0, 0.1) is 0 Å². The van der Waals surface area contributed by atoms with Crippen molar-refractivity contribution in [3.8, 4) is 11.4 Å². The molecule has 0 aliphatic carbocycles. The fourth-order valence-electron chi connectivity index (χ4n) is 2.28. The summed E-state index contributed by atoms with van der Waals surface area (Å²) in [5.41, 5.74) is 2.49. The highest BCUT2D eigenvalue weighted by molar-refractivity contribution is 5.91. The Morgan fingerprint density at radius 3 is 2.62 bits per heavy atom. The van der Waals surface area contributed by atoms with Gasteiger partial charge in [0.25, 0.3) is 0 Å². The van der Waals surface area contributed by atoms with Crippen LogP contribution in [0.5, 0.6) is 5.75 Å². The van der Waals surface area contributed by atoms with Gasteiger partial charge in [-0.25, -0.2) is 9.48 Å². The number of carbonyl (C=O) groups excluding carboxylic acids is 1. The Hall–Kier alpha value is -3.28. The van der Waals surface area contributed by atoms with Gasteiger partial charge in [-0.1, -0.05) is 24.3 Å². The summed E-state index contributed by atoms with van der Waals surface area (Å²) in [4.78, 5) is 12.2. The van der Waals surface area contributed by atoms with Gasteiger partial charge < -0.3 is 15.4 Å². The molecule has 0 bridgehead atoms. The number of amides is 2. The Balaban J connectivity index is 1.63. The highest BCUT2D eigenvalue weighted by atomic mass is 16.5. The zero-order valence-electron chi connectivity index (χ0n) is 13.3. The Morgan fingerprint density at radius 1 is 1.12 bits per heavy atom. The number of methoxy groups -OCH3 is 1. The van der Waals surface area contributed by atoms with Gasteiger partial charge in [0.2, 0.25) is 0 Å². The minimum atomic E-state index is -0.273. The van der Waals surface area contributed by atoms with Crippen molar-refractivity contribution >= 4 is 11.7 Å². The van der Waals surface area contributed by atoms with Crippen molar-refractivity contribution in [2.45, 2.75) is 6.54 Å². The van der Waals surface area contributed by atoms with Gasteiger partial charge in [-0.3, -0.25) is 0 Å². The average molecular weight is 322 g/mol. The van der Waals surface area contributed by atoms with Gasteiger partial charge in [0.15, 0.2) is 0 Å². The highest BCUT2D eigenvalue weighted by Crippen LogP contribution is 2.18. The van der Waals surface area contributed by atoms with Crippen molar-refractivity contribution in [2.24, 2.45) is 0 Å². The number of ether oxygens (including phenoxy) is 1. The van der Waals surface area contributed by atoms with E-state index >= 15 is 0 Å². The molecule has 0 atom stereocenters. The SMILES string of the molecule is COc1ccc(CNC(=O)Nc2ccccc2-n2cccn2)cc1. The second kappa shape index (κ2) is 7.32. The van der Waals surface area contributed by atoms with E-state index in [4.69, 9.17) is 4.74 Å². The number of benzene rings is 2. The minimum absolute atomic E-state index is 0.273. The largest absolute Gasteiger partial charge is 0.497 e. The van der Waals surface area contributed by atoms with Crippen LogP contribution in [0.3, 0.4) is 0 Å². The summed E-state index contributed by atoms with van der Waals surface area (Å²) in [7, 11) is 1.62. The molecule has 0 aliphatic heterocycles. The van der Waals surface area contributed by atoms with Crippen molar-refractivity contribution < 1.29 is 9.53 Å². The van der Waals surface area contributed by atoms with Gasteiger partial charge in [-0.2, -0.15) is 5.10 Å². The normalized spacial score (nSPS) is 10.2. The minimum Gasteiger partial charge on any atom is -0.497 e. The number of nitrogens with zero attached hydrogens (tertiary/aromatic N) is 2. The molecular weight excluding hydrogens is 304 g/mol. The summed E-state index contributed by atoms with van der Waals surface area (Å²) in [6, 6.07) is 16.6. The summed E-state index contributed by atoms with van der Waals surface area (Å²) in [5, 5.41) is 9.89. The molecule has 2 amide bonds. The van der Waals surface area contributed by atoms with E-state index in [9.17, 15) is 4.79 Å². The number of para-hydroxylation sites is 2. The van der Waals surface area contributed by atoms with Crippen molar-refractivity contribution in [3.63, 3.8) is 0 Å². The number of nitrogens with one attached hydrogen (secondary N) is 2. The quantitative estimate of drug-likeness (QED) is 0.758. The van der Waals surface area contributed by atoms with Gasteiger partial charge >= 0.3 is 6.03 Å². The van der Waals surface area contributed by atoms with Gasteiger partial charge in [-0.05, 0) is 35.9 Å². The first kappa shape index (κ1) is 15.6. The first-order valence-electron chi connectivity index (χ1n) is 7.53. The lowest BCUT2D eigenvalue weighted by Gasteiger charge is -2.12. The molecule has 0 radical (unpaired) electrons. The van der Waals surface area contributed by atoms with E-state index in [-0.39, 0.29) is 6.03 Å². The number of aromatic nitrogens is 2. The lowest BCUT2D eigenvalue weighted by molar-refractivity contribution is 0.251. The fourth-order valence-corrected chi connectivity index (χ4v) is 2.28. The smallest absolute Gasteiger partial charge is 0.319 e. The van der Waals surface area contributed by atoms with Crippen LogP contribution in [0.2, 0.25) is 0 Å². The maximum absolute atomic E-state index is 12.2. The van der Waals surface area contributed by atoms with Crippen LogP contribution < -0.4 is 15.4 Å². The van der Waals surface area contributed by atoms with E-state index in [0.29, 0.717) is 12.2 Å². The third-order valence-electron chi connectivity index (χ3n) is 3.52. The van der Waals surface area contributed by atoms with Gasteiger partial charge in [0, 0.05) is 18.9 Å². The summed E-state index contributed by atoms with van der Waals surface area (Å²) in [5.74, 6) is 0.788. The molecule has 2 aromatic carbocycles. The van der Waals surface area contributed by atoms with Crippen molar-refractivity contribution in [2.75, 3.05) is 12.4 Å². The topological polar surface area (TPSA) is 68.2 Å². The molecule has 6 nitrogen and oxygen atoms in total. The van der Waals surface area contributed by atoms with E-state index in [1.807, 2.05) is 60.8 Å². The molecule has 0 fully saturated rings. The summed E-state index contributed by atoms with van der Waals surface area (Å²) in [6.45, 7) is 0.430. The fraction of sp³-hybridized carbons (Fsp3) is 0.111. The molecule has 0 unspecified atom stereocenters. The van der Waals surface area contributed by atoms with Crippen LogP contribution in [-0.4, -0.2) is 22.9 Å². The third kappa shape index (κ3) is 3.73. The van der Waals surface area contributed by atoms with E-state index < -0.39 is 0 Å². The van der Waals surface area contributed by atoms with Gasteiger partial charge in [-0.15, -0.1) is 0 Å². The molecule has 2 N–H and O–H groups in total. The number of rotatable bonds is 5. The van der Waals surface area contributed by atoms with Crippen molar-refractivity contribution in [1.29, 1.82) is 0 Å². The van der Waals surface area contributed by atoms with Crippen LogP contribution in [0.15, 0.2) is 67.0 Å². The first-order chi connectivity index (χ1) is 11.8. The van der Waals surface area contributed by atoms with E-state index in [2.05, 4.69) is 15.7 Å². The van der Waals surface area contributed by atoms with Crippen LogP contribution in [-0.2, 0) is 6.54 Å². The molecule has 0 aliphatic rings. The Morgan fingerprint density at radius 2 is 1.92 bits per heavy atom. The van der Waals surface area contributed by atoms with Crippen LogP contribution >= 0.6 is 0 Å². The average Bonchev–Trinajstić information content (AvgIpc) is 3.15. The van der Waals surface area contributed by atoms with Gasteiger partial charge in [0.1, 0.15) is 5.75 Å². The summed E-state index contributed by atoms with van der Waals surface area (Å²) >= 11 is 0. The molecule has 1 aromatic heterocycles. The van der Waals surface area contributed by atoms with E-state index in [0.717, 1.165) is 17.0 Å².